The van der Waals surface area contributed by atoms with Crippen molar-refractivity contribution in [3.05, 3.63) is 46.0 Å². The van der Waals surface area contributed by atoms with E-state index in [-0.39, 0.29) is 5.91 Å². The Kier molecular flexibility index (Phi) is 4.00. The minimum atomic E-state index is -0.0918. The van der Waals surface area contributed by atoms with Crippen LogP contribution in [0.2, 0.25) is 0 Å². The maximum Gasteiger partial charge on any atom is 0.257 e. The average Bonchev–Trinajstić information content (AvgIpc) is 2.81. The molecule has 0 aliphatic carbocycles. The van der Waals surface area contributed by atoms with Gasteiger partial charge < -0.3 is 0 Å². The van der Waals surface area contributed by atoms with Gasteiger partial charge in [-0.3, -0.25) is 10.1 Å². The lowest BCUT2D eigenvalue weighted by molar-refractivity contribution is 0.102. The van der Waals surface area contributed by atoms with Gasteiger partial charge in [0, 0.05) is 10.9 Å². The van der Waals surface area contributed by atoms with Crippen molar-refractivity contribution >= 4 is 22.4 Å². The van der Waals surface area contributed by atoms with Gasteiger partial charge in [-0.25, -0.2) is 4.98 Å². The van der Waals surface area contributed by atoms with Crippen molar-refractivity contribution in [2.75, 3.05) is 5.32 Å². The fraction of sp³-hybridized carbons (Fsp3) is 0.333. The summed E-state index contributed by atoms with van der Waals surface area (Å²) in [4.78, 5) is 16.6. The van der Waals surface area contributed by atoms with Crippen LogP contribution in [0.5, 0.6) is 0 Å². The summed E-state index contributed by atoms with van der Waals surface area (Å²) in [6.45, 7) is 8.15. The smallest absolute Gasteiger partial charge is 0.257 e. The second-order valence-corrected chi connectivity index (χ2v) is 5.79. The fourth-order valence-electron chi connectivity index (χ4n) is 1.77. The lowest BCUT2D eigenvalue weighted by Crippen LogP contribution is -2.13. The van der Waals surface area contributed by atoms with Gasteiger partial charge in [-0.2, -0.15) is 0 Å². The molecule has 0 unspecified atom stereocenters. The molecule has 1 aromatic carbocycles. The number of nitrogens with one attached hydrogen (secondary N) is 1. The van der Waals surface area contributed by atoms with Crippen LogP contribution in [-0.4, -0.2) is 10.9 Å². The summed E-state index contributed by atoms with van der Waals surface area (Å²) < 4.78 is 0. The van der Waals surface area contributed by atoms with E-state index in [2.05, 4.69) is 24.1 Å². The van der Waals surface area contributed by atoms with Gasteiger partial charge in [-0.15, -0.1) is 11.3 Å². The van der Waals surface area contributed by atoms with E-state index in [1.54, 1.807) is 0 Å². The fourth-order valence-corrected chi connectivity index (χ4v) is 2.64. The maximum atomic E-state index is 12.2. The third kappa shape index (κ3) is 3.01. The van der Waals surface area contributed by atoms with E-state index in [9.17, 15) is 4.79 Å². The van der Waals surface area contributed by atoms with Gasteiger partial charge in [-0.05, 0) is 37.0 Å². The van der Waals surface area contributed by atoms with Crippen molar-refractivity contribution in [3.63, 3.8) is 0 Å². The van der Waals surface area contributed by atoms with Crippen molar-refractivity contribution in [1.82, 2.24) is 4.98 Å². The van der Waals surface area contributed by atoms with Crippen LogP contribution in [0.4, 0.5) is 5.13 Å². The summed E-state index contributed by atoms with van der Waals surface area (Å²) in [6.07, 6.45) is 0. The molecule has 1 N–H and O–H groups in total. The van der Waals surface area contributed by atoms with Crippen molar-refractivity contribution in [2.45, 2.75) is 33.6 Å². The summed E-state index contributed by atoms with van der Waals surface area (Å²) in [5.74, 6) is 0.286. The second-order valence-electron chi connectivity index (χ2n) is 4.93. The number of anilines is 1. The number of carbonyl (C=O) groups is 1. The van der Waals surface area contributed by atoms with Gasteiger partial charge in [-0.1, -0.05) is 26.0 Å². The van der Waals surface area contributed by atoms with E-state index in [1.807, 2.05) is 37.4 Å². The zero-order chi connectivity index (χ0) is 14.0. The number of aromatic nitrogens is 1. The molecule has 0 atom stereocenters. The minimum absolute atomic E-state index is 0.0918. The molecule has 3 nitrogen and oxygen atoms in total. The van der Waals surface area contributed by atoms with Gasteiger partial charge in [0.25, 0.3) is 5.91 Å². The second kappa shape index (κ2) is 5.53. The maximum absolute atomic E-state index is 12.2. The number of hydrogen-bond donors (Lipinski definition) is 1. The Bertz CT molecular complexity index is 602. The number of nitrogens with zero attached hydrogens (tertiary/aromatic N) is 1. The third-order valence-electron chi connectivity index (χ3n) is 3.18. The van der Waals surface area contributed by atoms with E-state index in [4.69, 9.17) is 0 Å². The molecule has 1 heterocycles. The van der Waals surface area contributed by atoms with Crippen molar-refractivity contribution in [3.8, 4) is 0 Å². The summed E-state index contributed by atoms with van der Waals surface area (Å²) in [5.41, 5.74) is 3.86. The highest BCUT2D eigenvalue weighted by molar-refractivity contribution is 7.14. The number of aryl methyl sites for hydroxylation is 1. The molecule has 0 saturated carbocycles. The monoisotopic (exact) mass is 274 g/mol. The molecule has 1 amide bonds. The quantitative estimate of drug-likeness (QED) is 0.914. The predicted octanol–water partition coefficient (Wildman–Crippen LogP) is 4.14. The van der Waals surface area contributed by atoms with Crippen molar-refractivity contribution < 1.29 is 4.79 Å². The van der Waals surface area contributed by atoms with E-state index in [0.717, 1.165) is 16.8 Å². The number of rotatable bonds is 3. The highest BCUT2D eigenvalue weighted by atomic mass is 32.1. The molecule has 0 spiro atoms. The van der Waals surface area contributed by atoms with Crippen LogP contribution in [0.3, 0.4) is 0 Å². The molecule has 0 fully saturated rings. The molecular formula is C15H18N2OS. The van der Waals surface area contributed by atoms with E-state index < -0.39 is 0 Å². The van der Waals surface area contributed by atoms with E-state index >= 15 is 0 Å². The first-order valence-corrected chi connectivity index (χ1v) is 7.20. The standard InChI is InChI=1S/C15H18N2OS/c1-9(2)13-8-19-15(16-13)17-14(18)12-7-5-6-10(3)11(12)4/h5-9H,1-4H3,(H,16,17,18). The van der Waals surface area contributed by atoms with Crippen LogP contribution in [-0.2, 0) is 0 Å². The molecule has 100 valence electrons. The van der Waals surface area contributed by atoms with E-state index in [1.165, 1.54) is 11.3 Å². The van der Waals surface area contributed by atoms with Crippen molar-refractivity contribution in [2.24, 2.45) is 0 Å². The lowest BCUT2D eigenvalue weighted by Gasteiger charge is -2.07. The van der Waals surface area contributed by atoms with Gasteiger partial charge in [0.05, 0.1) is 5.69 Å². The summed E-state index contributed by atoms with van der Waals surface area (Å²) in [6, 6.07) is 5.75. The Morgan fingerprint density at radius 3 is 2.68 bits per heavy atom. The van der Waals surface area contributed by atoms with Crippen LogP contribution >= 0.6 is 11.3 Å². The van der Waals surface area contributed by atoms with Crippen LogP contribution in [0.25, 0.3) is 0 Å². The Morgan fingerprint density at radius 2 is 2.05 bits per heavy atom. The average molecular weight is 274 g/mol. The largest absolute Gasteiger partial charge is 0.298 e. The van der Waals surface area contributed by atoms with Crippen LogP contribution in [0.15, 0.2) is 23.6 Å². The first-order valence-electron chi connectivity index (χ1n) is 6.32. The van der Waals surface area contributed by atoms with Crippen LogP contribution in [0, 0.1) is 13.8 Å². The summed E-state index contributed by atoms with van der Waals surface area (Å²) >= 11 is 1.47. The Labute approximate surface area is 117 Å². The molecule has 0 aliphatic rings. The SMILES string of the molecule is Cc1cccc(C(=O)Nc2nc(C(C)C)cs2)c1C. The Hall–Kier alpha value is -1.68. The molecule has 0 aliphatic heterocycles. The molecule has 2 aromatic rings. The molecule has 1 aromatic heterocycles. The molecule has 19 heavy (non-hydrogen) atoms. The predicted molar refractivity (Wildman–Crippen MR) is 80.1 cm³/mol. The third-order valence-corrected chi connectivity index (χ3v) is 3.96. The Balaban J connectivity index is 2.18. The number of hydrogen-bond acceptors (Lipinski definition) is 3. The summed E-state index contributed by atoms with van der Waals surface area (Å²) in [5, 5.41) is 5.52. The molecule has 0 radical (unpaired) electrons. The van der Waals surface area contributed by atoms with Gasteiger partial charge in [0.15, 0.2) is 5.13 Å². The molecule has 0 saturated heterocycles. The molecule has 4 heteroatoms. The molecule has 0 bridgehead atoms. The molecule has 2 rings (SSSR count). The van der Waals surface area contributed by atoms with Crippen LogP contribution < -0.4 is 5.32 Å². The van der Waals surface area contributed by atoms with Crippen LogP contribution in [0.1, 0.15) is 46.9 Å². The van der Waals surface area contributed by atoms with Crippen molar-refractivity contribution in [1.29, 1.82) is 0 Å². The zero-order valence-electron chi connectivity index (χ0n) is 11.7. The van der Waals surface area contributed by atoms with Gasteiger partial charge in [0.2, 0.25) is 0 Å². The highest BCUT2D eigenvalue weighted by Gasteiger charge is 2.13. The number of amides is 1. The van der Waals surface area contributed by atoms with Gasteiger partial charge in [0.1, 0.15) is 0 Å². The Morgan fingerprint density at radius 1 is 1.32 bits per heavy atom. The van der Waals surface area contributed by atoms with E-state index in [0.29, 0.717) is 16.6 Å². The van der Waals surface area contributed by atoms with Gasteiger partial charge >= 0.3 is 0 Å². The highest BCUT2D eigenvalue weighted by Crippen LogP contribution is 2.22. The topological polar surface area (TPSA) is 42.0 Å². The first kappa shape index (κ1) is 13.7. The number of benzene rings is 1. The molecular weight excluding hydrogens is 256 g/mol. The zero-order valence-corrected chi connectivity index (χ0v) is 12.5. The number of carbonyl (C=O) groups excluding carboxylic acids is 1. The lowest BCUT2D eigenvalue weighted by atomic mass is 10.0. The minimum Gasteiger partial charge on any atom is -0.298 e. The summed E-state index contributed by atoms with van der Waals surface area (Å²) in [7, 11) is 0. The number of thiazole rings is 1. The first-order chi connectivity index (χ1) is 8.99. The normalized spacial score (nSPS) is 10.8.